The molecule has 1 aliphatic rings. The molecule has 0 fully saturated rings. The summed E-state index contributed by atoms with van der Waals surface area (Å²) in [7, 11) is 0. The summed E-state index contributed by atoms with van der Waals surface area (Å²) in [5, 5.41) is 0.977. The number of hydrogen-bond acceptors (Lipinski definition) is 5. The SMILES string of the molecule is CCCOc1ccc2nc3c(c(NN)c2c1)COCC3. The highest BCUT2D eigenvalue weighted by atomic mass is 16.5. The maximum atomic E-state index is 5.72. The summed E-state index contributed by atoms with van der Waals surface area (Å²) in [6.07, 6.45) is 1.81. The number of ether oxygens (including phenoxy) is 2. The summed E-state index contributed by atoms with van der Waals surface area (Å²) in [5.74, 6) is 6.56. The molecule has 0 atom stereocenters. The van der Waals surface area contributed by atoms with Crippen molar-refractivity contribution in [2.45, 2.75) is 26.4 Å². The summed E-state index contributed by atoms with van der Waals surface area (Å²) < 4.78 is 11.2. The van der Waals surface area contributed by atoms with E-state index in [1.54, 1.807) is 0 Å². The van der Waals surface area contributed by atoms with E-state index in [2.05, 4.69) is 12.3 Å². The van der Waals surface area contributed by atoms with Crippen molar-refractivity contribution >= 4 is 16.6 Å². The van der Waals surface area contributed by atoms with E-state index in [1.165, 1.54) is 0 Å². The van der Waals surface area contributed by atoms with Crippen LogP contribution in [-0.2, 0) is 17.8 Å². The van der Waals surface area contributed by atoms with E-state index >= 15 is 0 Å². The molecule has 2 aromatic rings. The van der Waals surface area contributed by atoms with Crippen LogP contribution in [0.4, 0.5) is 5.69 Å². The highest BCUT2D eigenvalue weighted by Gasteiger charge is 2.18. The van der Waals surface area contributed by atoms with Crippen LogP contribution in [0.5, 0.6) is 5.75 Å². The number of aromatic nitrogens is 1. The normalized spacial score (nSPS) is 14.1. The molecule has 2 heterocycles. The van der Waals surface area contributed by atoms with Gasteiger partial charge in [0, 0.05) is 17.4 Å². The summed E-state index contributed by atoms with van der Waals surface area (Å²) in [4.78, 5) is 4.71. The molecule has 0 amide bonds. The number of hydrogen-bond donors (Lipinski definition) is 2. The standard InChI is InChI=1S/C15H19N3O2/c1-2-6-20-10-3-4-13-11(8-10)15(18-16)12-9-19-7-5-14(12)17-13/h3-4,8H,2,5-7,9,16H2,1H3,(H,17,18). The molecule has 20 heavy (non-hydrogen) atoms. The Balaban J connectivity index is 2.12. The molecule has 0 unspecified atom stereocenters. The number of pyridine rings is 1. The highest BCUT2D eigenvalue weighted by Crippen LogP contribution is 2.33. The zero-order valence-electron chi connectivity index (χ0n) is 11.6. The monoisotopic (exact) mass is 273 g/mol. The van der Waals surface area contributed by atoms with Gasteiger partial charge < -0.3 is 14.9 Å². The van der Waals surface area contributed by atoms with E-state index in [9.17, 15) is 0 Å². The van der Waals surface area contributed by atoms with E-state index in [0.717, 1.165) is 46.4 Å². The molecule has 106 valence electrons. The Labute approximate surface area is 118 Å². The Morgan fingerprint density at radius 3 is 3.15 bits per heavy atom. The molecule has 5 heteroatoms. The van der Waals surface area contributed by atoms with E-state index in [4.69, 9.17) is 20.3 Å². The van der Waals surface area contributed by atoms with Gasteiger partial charge in [0.1, 0.15) is 5.75 Å². The van der Waals surface area contributed by atoms with Gasteiger partial charge in [-0.15, -0.1) is 0 Å². The number of hydrazine groups is 1. The first-order valence-electron chi connectivity index (χ1n) is 6.96. The second-order valence-electron chi connectivity index (χ2n) is 4.89. The van der Waals surface area contributed by atoms with Crippen molar-refractivity contribution in [1.29, 1.82) is 0 Å². The molecule has 0 aliphatic carbocycles. The smallest absolute Gasteiger partial charge is 0.120 e. The fourth-order valence-corrected chi connectivity index (χ4v) is 2.51. The summed E-state index contributed by atoms with van der Waals surface area (Å²) >= 11 is 0. The zero-order valence-corrected chi connectivity index (χ0v) is 11.6. The number of nitrogens with two attached hydrogens (primary N) is 1. The van der Waals surface area contributed by atoms with Crippen LogP contribution in [-0.4, -0.2) is 18.2 Å². The molecule has 0 radical (unpaired) electrons. The van der Waals surface area contributed by atoms with Crippen molar-refractivity contribution in [1.82, 2.24) is 4.98 Å². The van der Waals surface area contributed by atoms with Gasteiger partial charge in [-0.3, -0.25) is 10.8 Å². The van der Waals surface area contributed by atoms with Gasteiger partial charge in [-0.05, 0) is 24.6 Å². The third kappa shape index (κ3) is 2.30. The van der Waals surface area contributed by atoms with Gasteiger partial charge >= 0.3 is 0 Å². The third-order valence-electron chi connectivity index (χ3n) is 3.49. The van der Waals surface area contributed by atoms with E-state index in [0.29, 0.717) is 19.8 Å². The lowest BCUT2D eigenvalue weighted by atomic mass is 10.0. The summed E-state index contributed by atoms with van der Waals surface area (Å²) in [5.41, 5.74) is 6.76. The van der Waals surface area contributed by atoms with E-state index < -0.39 is 0 Å². The number of nitrogen functional groups attached to an aromatic ring is 1. The van der Waals surface area contributed by atoms with Crippen LogP contribution in [0.3, 0.4) is 0 Å². The molecule has 1 aromatic heterocycles. The molecule has 0 saturated heterocycles. The van der Waals surface area contributed by atoms with Crippen molar-refractivity contribution in [3.63, 3.8) is 0 Å². The van der Waals surface area contributed by atoms with Crippen LogP contribution in [0.2, 0.25) is 0 Å². The largest absolute Gasteiger partial charge is 0.494 e. The van der Waals surface area contributed by atoms with Crippen molar-refractivity contribution in [2.75, 3.05) is 18.6 Å². The fraction of sp³-hybridized carbons (Fsp3) is 0.400. The number of anilines is 1. The van der Waals surface area contributed by atoms with Gasteiger partial charge in [0.05, 0.1) is 36.7 Å². The minimum absolute atomic E-state index is 0.553. The lowest BCUT2D eigenvalue weighted by Gasteiger charge is -2.21. The average Bonchev–Trinajstić information content (AvgIpc) is 2.50. The number of nitrogens with zero attached hydrogens (tertiary/aromatic N) is 1. The lowest BCUT2D eigenvalue weighted by molar-refractivity contribution is 0.110. The predicted octanol–water partition coefficient (Wildman–Crippen LogP) is 2.38. The van der Waals surface area contributed by atoms with Crippen LogP contribution < -0.4 is 16.0 Å². The number of fused-ring (bicyclic) bond motifs is 2. The van der Waals surface area contributed by atoms with Crippen LogP contribution in [0.1, 0.15) is 24.6 Å². The molecule has 3 rings (SSSR count). The van der Waals surface area contributed by atoms with Gasteiger partial charge in [-0.1, -0.05) is 6.92 Å². The quantitative estimate of drug-likeness (QED) is 0.661. The highest BCUT2D eigenvalue weighted by molar-refractivity contribution is 5.94. The second-order valence-corrected chi connectivity index (χ2v) is 4.89. The van der Waals surface area contributed by atoms with Crippen molar-refractivity contribution in [2.24, 2.45) is 5.84 Å². The Hall–Kier alpha value is -1.85. The lowest BCUT2D eigenvalue weighted by Crippen LogP contribution is -2.18. The Kier molecular flexibility index (Phi) is 3.71. The number of rotatable bonds is 4. The van der Waals surface area contributed by atoms with Crippen LogP contribution in [0.25, 0.3) is 10.9 Å². The molecule has 0 bridgehead atoms. The average molecular weight is 273 g/mol. The molecule has 1 aliphatic heterocycles. The number of nitrogens with one attached hydrogen (secondary N) is 1. The number of benzene rings is 1. The first-order valence-corrected chi connectivity index (χ1v) is 6.96. The van der Waals surface area contributed by atoms with Crippen molar-refractivity contribution < 1.29 is 9.47 Å². The van der Waals surface area contributed by atoms with E-state index in [-0.39, 0.29) is 0 Å². The first-order chi connectivity index (χ1) is 9.83. The maximum Gasteiger partial charge on any atom is 0.120 e. The summed E-state index contributed by atoms with van der Waals surface area (Å²) in [6.45, 7) is 4.06. The van der Waals surface area contributed by atoms with Gasteiger partial charge in [0.25, 0.3) is 0 Å². The van der Waals surface area contributed by atoms with Gasteiger partial charge in [0.2, 0.25) is 0 Å². The van der Waals surface area contributed by atoms with Crippen LogP contribution in [0, 0.1) is 0 Å². The van der Waals surface area contributed by atoms with Crippen molar-refractivity contribution in [3.8, 4) is 5.75 Å². The fourth-order valence-electron chi connectivity index (χ4n) is 2.51. The predicted molar refractivity (Wildman–Crippen MR) is 78.7 cm³/mol. The topological polar surface area (TPSA) is 69.4 Å². The van der Waals surface area contributed by atoms with Crippen LogP contribution >= 0.6 is 0 Å². The summed E-state index contributed by atoms with van der Waals surface area (Å²) in [6, 6.07) is 5.93. The van der Waals surface area contributed by atoms with Gasteiger partial charge in [-0.2, -0.15) is 0 Å². The molecular weight excluding hydrogens is 254 g/mol. The molecule has 5 nitrogen and oxygen atoms in total. The van der Waals surface area contributed by atoms with Gasteiger partial charge in [-0.25, -0.2) is 0 Å². The van der Waals surface area contributed by atoms with Gasteiger partial charge in [0.15, 0.2) is 0 Å². The third-order valence-corrected chi connectivity index (χ3v) is 3.49. The first kappa shape index (κ1) is 13.1. The zero-order chi connectivity index (χ0) is 13.9. The second kappa shape index (κ2) is 5.64. The Bertz CT molecular complexity index is 628. The minimum atomic E-state index is 0.553. The van der Waals surface area contributed by atoms with Crippen molar-refractivity contribution in [3.05, 3.63) is 29.5 Å². The molecule has 0 spiro atoms. The molecular formula is C15H19N3O2. The van der Waals surface area contributed by atoms with E-state index in [1.807, 2.05) is 18.2 Å². The molecule has 1 aromatic carbocycles. The molecule has 3 N–H and O–H groups in total. The maximum absolute atomic E-state index is 5.72. The molecule has 0 saturated carbocycles. The Morgan fingerprint density at radius 1 is 1.45 bits per heavy atom. The minimum Gasteiger partial charge on any atom is -0.494 e. The Morgan fingerprint density at radius 2 is 2.35 bits per heavy atom. The van der Waals surface area contributed by atoms with Crippen LogP contribution in [0.15, 0.2) is 18.2 Å².